The fourth-order valence-electron chi connectivity index (χ4n) is 2.35. The van der Waals surface area contributed by atoms with E-state index in [9.17, 15) is 0 Å². The summed E-state index contributed by atoms with van der Waals surface area (Å²) >= 11 is 0. The van der Waals surface area contributed by atoms with Crippen LogP contribution < -0.4 is 10.6 Å². The molecule has 0 amide bonds. The first-order valence-corrected chi connectivity index (χ1v) is 7.14. The summed E-state index contributed by atoms with van der Waals surface area (Å²) in [7, 11) is 1.80. The molecule has 1 aromatic heterocycles. The first kappa shape index (κ1) is 14.4. The van der Waals surface area contributed by atoms with Crippen LogP contribution in [0.15, 0.2) is 29.4 Å². The van der Waals surface area contributed by atoms with Crippen molar-refractivity contribution >= 4 is 16.9 Å². The quantitative estimate of drug-likeness (QED) is 0.592. The molecule has 0 unspecified atom stereocenters. The lowest BCUT2D eigenvalue weighted by atomic mass is 10.1. The number of aromatic nitrogens is 1. The lowest BCUT2D eigenvalue weighted by molar-refractivity contribution is 0.698. The van der Waals surface area contributed by atoms with E-state index in [-0.39, 0.29) is 0 Å². The summed E-state index contributed by atoms with van der Waals surface area (Å²) in [5, 5.41) is 7.95. The minimum atomic E-state index is 0.386. The van der Waals surface area contributed by atoms with Crippen molar-refractivity contribution in [1.29, 1.82) is 0 Å². The molecule has 0 bridgehead atoms. The summed E-state index contributed by atoms with van der Waals surface area (Å²) in [4.78, 5) is 7.58. The zero-order chi connectivity index (χ0) is 14.5. The number of rotatable bonds is 4. The van der Waals surface area contributed by atoms with E-state index in [0.29, 0.717) is 6.04 Å². The topological polar surface area (TPSA) is 52.2 Å². The van der Waals surface area contributed by atoms with Gasteiger partial charge in [-0.05, 0) is 38.3 Å². The third kappa shape index (κ3) is 3.32. The zero-order valence-electron chi connectivity index (χ0n) is 12.7. The Labute approximate surface area is 120 Å². The number of fused-ring (bicyclic) bond motifs is 1. The first-order valence-electron chi connectivity index (χ1n) is 7.14. The van der Waals surface area contributed by atoms with E-state index in [1.807, 2.05) is 0 Å². The normalized spacial score (nSPS) is 12.2. The van der Waals surface area contributed by atoms with Crippen molar-refractivity contribution in [2.75, 3.05) is 13.6 Å². The Kier molecular flexibility index (Phi) is 4.66. The zero-order valence-corrected chi connectivity index (χ0v) is 12.7. The molecule has 4 heteroatoms. The number of nitrogens with zero attached hydrogens (tertiary/aromatic N) is 1. The highest BCUT2D eigenvalue weighted by Crippen LogP contribution is 2.21. The number of hydrogen-bond donors (Lipinski definition) is 3. The summed E-state index contributed by atoms with van der Waals surface area (Å²) in [6.45, 7) is 7.22. The molecule has 3 N–H and O–H groups in total. The van der Waals surface area contributed by atoms with Gasteiger partial charge in [-0.15, -0.1) is 0 Å². The van der Waals surface area contributed by atoms with Crippen LogP contribution in [0.25, 0.3) is 10.9 Å². The monoisotopic (exact) mass is 272 g/mol. The highest BCUT2D eigenvalue weighted by molar-refractivity contribution is 5.86. The maximum absolute atomic E-state index is 4.21. The van der Waals surface area contributed by atoms with Gasteiger partial charge in [-0.2, -0.15) is 0 Å². The molecule has 0 spiro atoms. The number of nitrogens with one attached hydrogen (secondary N) is 3. The van der Waals surface area contributed by atoms with Gasteiger partial charge in [-0.3, -0.25) is 4.99 Å². The maximum atomic E-state index is 4.21. The van der Waals surface area contributed by atoms with Crippen LogP contribution in [0, 0.1) is 6.92 Å². The Hall–Kier alpha value is -1.97. The van der Waals surface area contributed by atoms with Gasteiger partial charge in [0.05, 0.1) is 0 Å². The molecule has 0 saturated carbocycles. The van der Waals surface area contributed by atoms with E-state index in [1.165, 1.54) is 22.0 Å². The number of aliphatic imine (C=N–C) groups is 1. The van der Waals surface area contributed by atoms with Crippen molar-refractivity contribution in [2.24, 2.45) is 4.99 Å². The van der Waals surface area contributed by atoms with Crippen molar-refractivity contribution in [3.63, 3.8) is 0 Å². The molecule has 4 nitrogen and oxygen atoms in total. The van der Waals surface area contributed by atoms with Gasteiger partial charge in [-0.1, -0.05) is 18.2 Å². The summed E-state index contributed by atoms with van der Waals surface area (Å²) < 4.78 is 0. The Morgan fingerprint density at radius 3 is 2.85 bits per heavy atom. The molecular formula is C16H24N4. The van der Waals surface area contributed by atoms with E-state index in [2.05, 4.69) is 65.8 Å². The van der Waals surface area contributed by atoms with Crippen LogP contribution in [0.1, 0.15) is 25.0 Å². The van der Waals surface area contributed by atoms with Gasteiger partial charge in [0.1, 0.15) is 0 Å². The lowest BCUT2D eigenvalue weighted by Gasteiger charge is -2.14. The highest BCUT2D eigenvalue weighted by Gasteiger charge is 2.05. The van der Waals surface area contributed by atoms with E-state index in [0.717, 1.165) is 18.9 Å². The molecule has 0 atom stereocenters. The second-order valence-corrected chi connectivity index (χ2v) is 5.36. The Bertz CT molecular complexity index is 596. The van der Waals surface area contributed by atoms with Crippen LogP contribution in [0.5, 0.6) is 0 Å². The van der Waals surface area contributed by atoms with Crippen LogP contribution >= 0.6 is 0 Å². The molecule has 0 radical (unpaired) electrons. The van der Waals surface area contributed by atoms with E-state index >= 15 is 0 Å². The molecule has 0 aliphatic rings. The number of guanidine groups is 1. The molecule has 0 aliphatic heterocycles. The Morgan fingerprint density at radius 1 is 1.35 bits per heavy atom. The molecule has 1 heterocycles. The number of hydrogen-bond acceptors (Lipinski definition) is 1. The minimum Gasteiger partial charge on any atom is -0.361 e. The first-order chi connectivity index (χ1) is 9.61. The number of para-hydroxylation sites is 1. The summed E-state index contributed by atoms with van der Waals surface area (Å²) in [6, 6.07) is 6.81. The standard InChI is InChI=1S/C16H24N4/c1-11(2)20-16(17-4)18-9-8-13-10-19-15-12(3)6-5-7-14(13)15/h5-7,10-11,19H,8-9H2,1-4H3,(H2,17,18,20). The maximum Gasteiger partial charge on any atom is 0.191 e. The van der Waals surface area contributed by atoms with Crippen molar-refractivity contribution in [3.05, 3.63) is 35.5 Å². The molecule has 108 valence electrons. The van der Waals surface area contributed by atoms with Crippen LogP contribution in [-0.2, 0) is 6.42 Å². The van der Waals surface area contributed by atoms with Gasteiger partial charge >= 0.3 is 0 Å². The van der Waals surface area contributed by atoms with E-state index in [4.69, 9.17) is 0 Å². The second-order valence-electron chi connectivity index (χ2n) is 5.36. The molecule has 20 heavy (non-hydrogen) atoms. The average Bonchev–Trinajstić information content (AvgIpc) is 2.82. The third-order valence-electron chi connectivity index (χ3n) is 3.35. The van der Waals surface area contributed by atoms with Gasteiger partial charge < -0.3 is 15.6 Å². The molecule has 0 saturated heterocycles. The van der Waals surface area contributed by atoms with Crippen LogP contribution in [0.4, 0.5) is 0 Å². The van der Waals surface area contributed by atoms with Crippen LogP contribution in [0.3, 0.4) is 0 Å². The predicted molar refractivity (Wildman–Crippen MR) is 86.4 cm³/mol. The largest absolute Gasteiger partial charge is 0.361 e. The second kappa shape index (κ2) is 6.46. The average molecular weight is 272 g/mol. The third-order valence-corrected chi connectivity index (χ3v) is 3.35. The molecule has 0 aliphatic carbocycles. The summed E-state index contributed by atoms with van der Waals surface area (Å²) in [5.74, 6) is 0.857. The smallest absolute Gasteiger partial charge is 0.191 e. The van der Waals surface area contributed by atoms with Crippen LogP contribution in [-0.4, -0.2) is 30.6 Å². The Balaban J connectivity index is 1.98. The van der Waals surface area contributed by atoms with Crippen molar-refractivity contribution in [2.45, 2.75) is 33.2 Å². The van der Waals surface area contributed by atoms with Gasteiger partial charge in [-0.25, -0.2) is 0 Å². The van der Waals surface area contributed by atoms with E-state index in [1.54, 1.807) is 7.05 Å². The van der Waals surface area contributed by atoms with Crippen molar-refractivity contribution < 1.29 is 0 Å². The highest BCUT2D eigenvalue weighted by atomic mass is 15.2. The molecule has 0 fully saturated rings. The molecular weight excluding hydrogens is 248 g/mol. The number of H-pyrrole nitrogens is 1. The fourth-order valence-corrected chi connectivity index (χ4v) is 2.35. The van der Waals surface area contributed by atoms with Crippen LogP contribution in [0.2, 0.25) is 0 Å². The van der Waals surface area contributed by atoms with Crippen molar-refractivity contribution in [1.82, 2.24) is 15.6 Å². The van der Waals surface area contributed by atoms with E-state index < -0.39 is 0 Å². The Morgan fingerprint density at radius 2 is 2.15 bits per heavy atom. The van der Waals surface area contributed by atoms with Gasteiger partial charge in [0.25, 0.3) is 0 Å². The number of aryl methyl sites for hydroxylation is 1. The SMILES string of the molecule is CN=C(NCCc1c[nH]c2c(C)cccc12)NC(C)C. The minimum absolute atomic E-state index is 0.386. The predicted octanol–water partition coefficient (Wildman–Crippen LogP) is 2.59. The van der Waals surface area contributed by atoms with Gasteiger partial charge in [0.15, 0.2) is 5.96 Å². The summed E-state index contributed by atoms with van der Waals surface area (Å²) in [6.07, 6.45) is 3.08. The summed E-state index contributed by atoms with van der Waals surface area (Å²) in [5.41, 5.74) is 3.88. The lowest BCUT2D eigenvalue weighted by Crippen LogP contribution is -2.41. The van der Waals surface area contributed by atoms with Gasteiger partial charge in [0.2, 0.25) is 0 Å². The van der Waals surface area contributed by atoms with Gasteiger partial charge in [0, 0.05) is 36.7 Å². The van der Waals surface area contributed by atoms with Crippen molar-refractivity contribution in [3.8, 4) is 0 Å². The molecule has 2 rings (SSSR count). The molecule has 1 aromatic carbocycles. The molecule has 2 aromatic rings. The fraction of sp³-hybridized carbons (Fsp3) is 0.438. The number of aromatic amines is 1. The number of benzene rings is 1.